The van der Waals surface area contributed by atoms with Crippen LogP contribution >= 0.6 is 0 Å². The Kier molecular flexibility index (Phi) is 6.01. The van der Waals surface area contributed by atoms with Crippen LogP contribution < -0.4 is 0 Å². The van der Waals surface area contributed by atoms with Crippen molar-refractivity contribution < 1.29 is 14.7 Å². The Balaban J connectivity index is 1.55. The van der Waals surface area contributed by atoms with E-state index >= 15 is 0 Å². The van der Waals surface area contributed by atoms with Gasteiger partial charge < -0.3 is 10.0 Å². The average molecular weight is 432 g/mol. The molecular weight excluding hydrogens is 386 g/mol. The zero-order valence-electron chi connectivity index (χ0n) is 20.7. The highest BCUT2D eigenvalue weighted by atomic mass is 16.4. The maximum Gasteiger partial charge on any atom is 0.306 e. The molecule has 0 spiro atoms. The van der Waals surface area contributed by atoms with Crippen LogP contribution in [0.25, 0.3) is 0 Å². The Morgan fingerprint density at radius 3 is 2.06 bits per heavy atom. The fraction of sp³-hybridized carbons (Fsp3) is 0.926. The van der Waals surface area contributed by atoms with Gasteiger partial charge in [-0.3, -0.25) is 9.59 Å². The lowest BCUT2D eigenvalue weighted by Gasteiger charge is -2.61. The van der Waals surface area contributed by atoms with E-state index in [1.54, 1.807) is 0 Å². The van der Waals surface area contributed by atoms with Gasteiger partial charge in [-0.2, -0.15) is 0 Å². The summed E-state index contributed by atoms with van der Waals surface area (Å²) in [7, 11) is 0. The SMILES string of the molecule is CC(C)N(C(=O)[C@H]1CC[C@H]2[C@@H]3CC[C@H]4C[C@@H](C(=O)O)CC[C@]4(C)[C@H]3CC[C@]12C)C(C)C. The first-order valence-corrected chi connectivity index (χ1v) is 13.1. The van der Waals surface area contributed by atoms with Gasteiger partial charge >= 0.3 is 5.97 Å². The zero-order chi connectivity index (χ0) is 22.7. The number of carboxylic acids is 1. The highest BCUT2D eigenvalue weighted by Crippen LogP contribution is 2.68. The van der Waals surface area contributed by atoms with Crippen molar-refractivity contribution in [2.45, 2.75) is 111 Å². The van der Waals surface area contributed by atoms with Crippen molar-refractivity contribution in [3.05, 3.63) is 0 Å². The zero-order valence-corrected chi connectivity index (χ0v) is 20.7. The number of amides is 1. The van der Waals surface area contributed by atoms with Crippen LogP contribution in [0, 0.1) is 46.3 Å². The van der Waals surface area contributed by atoms with Crippen molar-refractivity contribution in [3.8, 4) is 0 Å². The van der Waals surface area contributed by atoms with Crippen LogP contribution in [0.5, 0.6) is 0 Å². The fourth-order valence-corrected chi connectivity index (χ4v) is 9.17. The van der Waals surface area contributed by atoms with Crippen molar-refractivity contribution >= 4 is 11.9 Å². The molecule has 4 heteroatoms. The molecule has 0 radical (unpaired) electrons. The first kappa shape index (κ1) is 23.1. The third-order valence-electron chi connectivity index (χ3n) is 10.7. The Morgan fingerprint density at radius 2 is 1.45 bits per heavy atom. The van der Waals surface area contributed by atoms with E-state index in [1.807, 2.05) is 0 Å². The minimum atomic E-state index is -0.586. The molecule has 0 heterocycles. The lowest BCUT2D eigenvalue weighted by molar-refractivity contribution is -0.155. The van der Waals surface area contributed by atoms with E-state index in [9.17, 15) is 14.7 Å². The van der Waals surface area contributed by atoms with Crippen LogP contribution in [-0.2, 0) is 9.59 Å². The lowest BCUT2D eigenvalue weighted by Crippen LogP contribution is -2.55. The molecule has 4 saturated carbocycles. The standard InChI is InChI=1S/C27H45NO3/c1-16(2)28(17(3)4)24(29)23-10-9-21-20-8-7-19-15-18(25(30)31)11-13-26(19,5)22(20)12-14-27(21,23)6/h16-23H,7-15H2,1-6H3,(H,30,31)/t18-,19-,20-,21-,22-,23+,26-,27-/m0/s1. The Bertz CT molecular complexity index is 709. The first-order valence-electron chi connectivity index (χ1n) is 13.1. The Hall–Kier alpha value is -1.06. The molecule has 0 aromatic heterocycles. The molecule has 4 rings (SSSR count). The summed E-state index contributed by atoms with van der Waals surface area (Å²) in [6.45, 7) is 13.5. The van der Waals surface area contributed by atoms with E-state index in [0.717, 1.165) is 37.5 Å². The quantitative estimate of drug-likeness (QED) is 0.594. The van der Waals surface area contributed by atoms with E-state index < -0.39 is 5.97 Å². The molecule has 0 aromatic carbocycles. The average Bonchev–Trinajstić information content (AvgIpc) is 3.03. The second kappa shape index (κ2) is 8.06. The molecule has 176 valence electrons. The topological polar surface area (TPSA) is 57.6 Å². The number of hydrogen-bond acceptors (Lipinski definition) is 2. The van der Waals surface area contributed by atoms with Crippen LogP contribution in [0.1, 0.15) is 99.3 Å². The number of fused-ring (bicyclic) bond motifs is 5. The van der Waals surface area contributed by atoms with E-state index in [2.05, 4.69) is 46.4 Å². The maximum absolute atomic E-state index is 13.7. The Morgan fingerprint density at radius 1 is 0.839 bits per heavy atom. The van der Waals surface area contributed by atoms with Gasteiger partial charge in [0.05, 0.1) is 5.92 Å². The molecule has 0 bridgehead atoms. The van der Waals surface area contributed by atoms with Crippen LogP contribution in [0.2, 0.25) is 0 Å². The molecule has 0 unspecified atom stereocenters. The predicted octanol–water partition coefficient (Wildman–Crippen LogP) is 5.99. The minimum absolute atomic E-state index is 0.130. The van der Waals surface area contributed by atoms with E-state index in [0.29, 0.717) is 23.2 Å². The van der Waals surface area contributed by atoms with Gasteiger partial charge in [0, 0.05) is 18.0 Å². The highest BCUT2D eigenvalue weighted by Gasteiger charge is 2.61. The number of aliphatic carboxylic acids is 1. The summed E-state index contributed by atoms with van der Waals surface area (Å²) in [5.74, 6) is 2.55. The third-order valence-corrected chi connectivity index (χ3v) is 10.7. The summed E-state index contributed by atoms with van der Waals surface area (Å²) in [6.07, 6.45) is 9.92. The predicted molar refractivity (Wildman–Crippen MR) is 123 cm³/mol. The fourth-order valence-electron chi connectivity index (χ4n) is 9.17. The second-order valence-electron chi connectivity index (χ2n) is 12.6. The second-order valence-corrected chi connectivity index (χ2v) is 12.6. The number of carboxylic acid groups (broad SMARTS) is 1. The van der Waals surface area contributed by atoms with Gasteiger partial charge in [0.15, 0.2) is 0 Å². The first-order chi connectivity index (χ1) is 14.5. The van der Waals surface area contributed by atoms with Gasteiger partial charge in [0.25, 0.3) is 0 Å². The number of hydrogen-bond donors (Lipinski definition) is 1. The molecule has 1 amide bonds. The van der Waals surface area contributed by atoms with Gasteiger partial charge in [0.1, 0.15) is 0 Å². The molecule has 8 atom stereocenters. The lowest BCUT2D eigenvalue weighted by atomic mass is 9.44. The molecule has 4 nitrogen and oxygen atoms in total. The van der Waals surface area contributed by atoms with Crippen molar-refractivity contribution in [1.29, 1.82) is 0 Å². The monoisotopic (exact) mass is 431 g/mol. The summed E-state index contributed by atoms with van der Waals surface area (Å²) < 4.78 is 0. The van der Waals surface area contributed by atoms with Crippen molar-refractivity contribution in [3.63, 3.8) is 0 Å². The van der Waals surface area contributed by atoms with E-state index in [-0.39, 0.29) is 29.3 Å². The van der Waals surface area contributed by atoms with Crippen LogP contribution in [-0.4, -0.2) is 34.0 Å². The van der Waals surface area contributed by atoms with Crippen molar-refractivity contribution in [2.75, 3.05) is 0 Å². The summed E-state index contributed by atoms with van der Waals surface area (Å²) >= 11 is 0. The maximum atomic E-state index is 13.7. The smallest absolute Gasteiger partial charge is 0.306 e. The summed E-state index contributed by atoms with van der Waals surface area (Å²) in [4.78, 5) is 27.5. The molecule has 0 saturated heterocycles. The van der Waals surface area contributed by atoms with E-state index in [1.165, 1.54) is 32.1 Å². The summed E-state index contributed by atoms with van der Waals surface area (Å²) in [5, 5.41) is 9.57. The summed E-state index contributed by atoms with van der Waals surface area (Å²) in [6, 6.07) is 0.510. The van der Waals surface area contributed by atoms with Crippen LogP contribution in [0.4, 0.5) is 0 Å². The number of nitrogens with zero attached hydrogens (tertiary/aromatic N) is 1. The van der Waals surface area contributed by atoms with Gasteiger partial charge in [0.2, 0.25) is 5.91 Å². The van der Waals surface area contributed by atoms with Crippen LogP contribution in [0.15, 0.2) is 0 Å². The van der Waals surface area contributed by atoms with Gasteiger partial charge in [-0.1, -0.05) is 13.8 Å². The van der Waals surface area contributed by atoms with Gasteiger partial charge in [-0.05, 0) is 120 Å². The Labute approximate surface area is 189 Å². The largest absolute Gasteiger partial charge is 0.481 e. The highest BCUT2D eigenvalue weighted by molar-refractivity contribution is 5.80. The van der Waals surface area contributed by atoms with Gasteiger partial charge in [-0.25, -0.2) is 0 Å². The third kappa shape index (κ3) is 3.55. The van der Waals surface area contributed by atoms with Gasteiger partial charge in [-0.15, -0.1) is 0 Å². The normalized spacial score (nSPS) is 44.5. The van der Waals surface area contributed by atoms with Crippen molar-refractivity contribution in [2.24, 2.45) is 46.3 Å². The molecule has 31 heavy (non-hydrogen) atoms. The molecule has 4 aliphatic rings. The molecule has 4 fully saturated rings. The molecule has 0 aromatic rings. The van der Waals surface area contributed by atoms with Crippen LogP contribution in [0.3, 0.4) is 0 Å². The number of carbonyl (C=O) groups excluding carboxylic acids is 1. The molecular formula is C27H45NO3. The molecule has 0 aliphatic heterocycles. The number of carbonyl (C=O) groups is 2. The molecule has 4 aliphatic carbocycles. The van der Waals surface area contributed by atoms with Crippen molar-refractivity contribution in [1.82, 2.24) is 4.90 Å². The van der Waals surface area contributed by atoms with E-state index in [4.69, 9.17) is 0 Å². The molecule has 1 N–H and O–H groups in total. The summed E-state index contributed by atoms with van der Waals surface area (Å²) in [5.41, 5.74) is 0.446. The minimum Gasteiger partial charge on any atom is -0.481 e. The number of rotatable bonds is 4.